The molecule has 2 N–H and O–H groups in total. The van der Waals surface area contributed by atoms with Crippen molar-refractivity contribution >= 4 is 17.0 Å². The molecule has 18 heavy (non-hydrogen) atoms. The van der Waals surface area contributed by atoms with Gasteiger partial charge in [0, 0.05) is 6.54 Å². The van der Waals surface area contributed by atoms with Crippen LogP contribution in [0.4, 0.5) is 5.95 Å². The van der Waals surface area contributed by atoms with Crippen molar-refractivity contribution in [3.05, 3.63) is 6.20 Å². The second kappa shape index (κ2) is 5.36. The van der Waals surface area contributed by atoms with Crippen LogP contribution in [0.1, 0.15) is 20.3 Å². The Morgan fingerprint density at radius 1 is 1.56 bits per heavy atom. The maximum Gasteiger partial charge on any atom is 0.230 e. The summed E-state index contributed by atoms with van der Waals surface area (Å²) in [7, 11) is 0. The molecule has 2 aromatic heterocycles. The largest absolute Gasteiger partial charge is 0.461 e. The first-order valence-corrected chi connectivity index (χ1v) is 5.82. The maximum atomic E-state index is 5.57. The van der Waals surface area contributed by atoms with Gasteiger partial charge in [0.25, 0.3) is 0 Å². The number of hydrogen-bond donors (Lipinski definition) is 2. The zero-order valence-corrected chi connectivity index (χ0v) is 10.4. The molecule has 0 aromatic carbocycles. The van der Waals surface area contributed by atoms with Crippen LogP contribution in [0.25, 0.3) is 11.0 Å². The smallest absolute Gasteiger partial charge is 0.230 e. The SMILES string of the molecule is C#CC(C)Oc1nc(NCCC)nc2[nH]ncc12. The lowest BCUT2D eigenvalue weighted by Gasteiger charge is -2.10. The molecule has 6 nitrogen and oxygen atoms in total. The number of aromatic nitrogens is 4. The third kappa shape index (κ3) is 2.51. The van der Waals surface area contributed by atoms with E-state index in [9.17, 15) is 0 Å². The number of H-pyrrole nitrogens is 1. The van der Waals surface area contributed by atoms with E-state index in [1.165, 1.54) is 0 Å². The summed E-state index contributed by atoms with van der Waals surface area (Å²) in [5.74, 6) is 3.45. The van der Waals surface area contributed by atoms with Crippen LogP contribution in [0.3, 0.4) is 0 Å². The Balaban J connectivity index is 2.35. The molecule has 2 heterocycles. The Morgan fingerprint density at radius 3 is 3.11 bits per heavy atom. The van der Waals surface area contributed by atoms with Crippen molar-refractivity contribution in [3.63, 3.8) is 0 Å². The van der Waals surface area contributed by atoms with Crippen molar-refractivity contribution in [2.24, 2.45) is 0 Å². The van der Waals surface area contributed by atoms with E-state index < -0.39 is 0 Å². The van der Waals surface area contributed by atoms with Gasteiger partial charge in [-0.15, -0.1) is 6.42 Å². The standard InChI is InChI=1S/C12H15N5O/c1-4-6-13-12-15-10-9(7-14-17-10)11(16-12)18-8(3)5-2/h2,7-8H,4,6H2,1,3H3,(H2,13,14,15,16,17). The summed E-state index contributed by atoms with van der Waals surface area (Å²) in [6.45, 7) is 4.65. The molecule has 6 heteroatoms. The van der Waals surface area contributed by atoms with E-state index in [1.807, 2.05) is 0 Å². The van der Waals surface area contributed by atoms with Crippen molar-refractivity contribution in [3.8, 4) is 18.2 Å². The van der Waals surface area contributed by atoms with E-state index in [2.05, 4.69) is 38.3 Å². The molecule has 0 spiro atoms. The number of ether oxygens (including phenoxy) is 1. The van der Waals surface area contributed by atoms with Crippen LogP contribution in [0.5, 0.6) is 5.88 Å². The molecule has 2 rings (SSSR count). The molecular formula is C12H15N5O. The van der Waals surface area contributed by atoms with Gasteiger partial charge in [-0.05, 0) is 13.3 Å². The van der Waals surface area contributed by atoms with E-state index in [1.54, 1.807) is 13.1 Å². The van der Waals surface area contributed by atoms with Gasteiger partial charge in [-0.2, -0.15) is 15.1 Å². The molecule has 1 unspecified atom stereocenters. The van der Waals surface area contributed by atoms with Gasteiger partial charge in [0.2, 0.25) is 11.8 Å². The number of anilines is 1. The molecule has 0 saturated carbocycles. The van der Waals surface area contributed by atoms with Crippen molar-refractivity contribution in [2.45, 2.75) is 26.4 Å². The molecule has 2 aromatic rings. The van der Waals surface area contributed by atoms with Gasteiger partial charge < -0.3 is 10.1 Å². The number of nitrogens with one attached hydrogen (secondary N) is 2. The van der Waals surface area contributed by atoms with Crippen LogP contribution >= 0.6 is 0 Å². The third-order valence-corrected chi connectivity index (χ3v) is 2.33. The number of nitrogens with zero attached hydrogens (tertiary/aromatic N) is 3. The Hall–Kier alpha value is -2.29. The minimum atomic E-state index is -0.350. The molecule has 0 fully saturated rings. The highest BCUT2D eigenvalue weighted by Crippen LogP contribution is 2.22. The van der Waals surface area contributed by atoms with E-state index in [4.69, 9.17) is 11.2 Å². The van der Waals surface area contributed by atoms with Gasteiger partial charge >= 0.3 is 0 Å². The lowest BCUT2D eigenvalue weighted by Crippen LogP contribution is -2.11. The van der Waals surface area contributed by atoms with Crippen LogP contribution in [0.2, 0.25) is 0 Å². The summed E-state index contributed by atoms with van der Waals surface area (Å²) in [4.78, 5) is 8.59. The second-order valence-electron chi connectivity index (χ2n) is 3.84. The first kappa shape index (κ1) is 12.2. The Labute approximate surface area is 105 Å². The first-order chi connectivity index (χ1) is 8.74. The van der Waals surface area contributed by atoms with Crippen LogP contribution in [-0.2, 0) is 0 Å². The van der Waals surface area contributed by atoms with Crippen LogP contribution in [0, 0.1) is 12.3 Å². The highest BCUT2D eigenvalue weighted by atomic mass is 16.5. The lowest BCUT2D eigenvalue weighted by molar-refractivity contribution is 0.272. The average molecular weight is 245 g/mol. The summed E-state index contributed by atoms with van der Waals surface area (Å²) < 4.78 is 5.57. The maximum absolute atomic E-state index is 5.57. The normalized spacial score (nSPS) is 12.1. The topological polar surface area (TPSA) is 75.7 Å². The number of rotatable bonds is 5. The van der Waals surface area contributed by atoms with Crippen molar-refractivity contribution < 1.29 is 4.74 Å². The predicted molar refractivity (Wildman–Crippen MR) is 69.4 cm³/mol. The summed E-state index contributed by atoms with van der Waals surface area (Å²) in [5.41, 5.74) is 0.628. The van der Waals surface area contributed by atoms with Gasteiger partial charge in [0.15, 0.2) is 11.8 Å². The first-order valence-electron chi connectivity index (χ1n) is 5.82. The molecule has 0 saturated heterocycles. The zero-order chi connectivity index (χ0) is 13.0. The van der Waals surface area contributed by atoms with E-state index >= 15 is 0 Å². The molecule has 94 valence electrons. The number of fused-ring (bicyclic) bond motifs is 1. The highest BCUT2D eigenvalue weighted by Gasteiger charge is 2.12. The van der Waals surface area contributed by atoms with E-state index in [0.717, 1.165) is 18.4 Å². The summed E-state index contributed by atoms with van der Waals surface area (Å²) in [5, 5.41) is 10.6. The molecule has 0 radical (unpaired) electrons. The van der Waals surface area contributed by atoms with E-state index in [-0.39, 0.29) is 6.10 Å². The molecule has 0 bridgehead atoms. The quantitative estimate of drug-likeness (QED) is 0.782. The van der Waals surface area contributed by atoms with Crippen molar-refractivity contribution in [2.75, 3.05) is 11.9 Å². The van der Waals surface area contributed by atoms with Crippen LogP contribution in [0.15, 0.2) is 6.20 Å². The average Bonchev–Trinajstić information content (AvgIpc) is 2.84. The van der Waals surface area contributed by atoms with Crippen molar-refractivity contribution in [1.82, 2.24) is 20.2 Å². The minimum Gasteiger partial charge on any atom is -0.461 e. The fraction of sp³-hybridized carbons (Fsp3) is 0.417. The lowest BCUT2D eigenvalue weighted by atomic mass is 10.4. The summed E-state index contributed by atoms with van der Waals surface area (Å²) >= 11 is 0. The highest BCUT2D eigenvalue weighted by molar-refractivity contribution is 5.80. The molecule has 0 aliphatic heterocycles. The minimum absolute atomic E-state index is 0.350. The van der Waals surface area contributed by atoms with Crippen LogP contribution in [-0.4, -0.2) is 32.8 Å². The monoisotopic (exact) mass is 245 g/mol. The zero-order valence-electron chi connectivity index (χ0n) is 10.4. The fourth-order valence-electron chi connectivity index (χ4n) is 1.42. The van der Waals surface area contributed by atoms with Gasteiger partial charge in [-0.25, -0.2) is 0 Å². The molecule has 1 atom stereocenters. The molecule has 0 amide bonds. The second-order valence-corrected chi connectivity index (χ2v) is 3.84. The third-order valence-electron chi connectivity index (χ3n) is 2.33. The Morgan fingerprint density at radius 2 is 2.39 bits per heavy atom. The van der Waals surface area contributed by atoms with Gasteiger partial charge in [-0.3, -0.25) is 5.10 Å². The number of aromatic amines is 1. The molecular weight excluding hydrogens is 230 g/mol. The fourth-order valence-corrected chi connectivity index (χ4v) is 1.42. The summed E-state index contributed by atoms with van der Waals surface area (Å²) in [6, 6.07) is 0. The van der Waals surface area contributed by atoms with Gasteiger partial charge in [0.05, 0.1) is 6.20 Å². The summed E-state index contributed by atoms with van der Waals surface area (Å²) in [6.07, 6.45) is 7.56. The molecule has 0 aliphatic carbocycles. The number of terminal acetylenes is 1. The Kier molecular flexibility index (Phi) is 3.63. The van der Waals surface area contributed by atoms with Crippen molar-refractivity contribution in [1.29, 1.82) is 0 Å². The number of hydrogen-bond acceptors (Lipinski definition) is 5. The van der Waals surface area contributed by atoms with Crippen LogP contribution < -0.4 is 10.1 Å². The van der Waals surface area contributed by atoms with E-state index in [0.29, 0.717) is 17.5 Å². The predicted octanol–water partition coefficient (Wildman–Crippen LogP) is 1.58. The van der Waals surface area contributed by atoms with Gasteiger partial charge in [0.1, 0.15) is 5.39 Å². The molecule has 0 aliphatic rings. The Bertz CT molecular complexity index is 571. The van der Waals surface area contributed by atoms with Gasteiger partial charge in [-0.1, -0.05) is 12.8 Å².